The highest BCUT2D eigenvalue weighted by Gasteiger charge is 2.37. The van der Waals surface area contributed by atoms with Crippen LogP contribution in [0.25, 0.3) is 0 Å². The zero-order chi connectivity index (χ0) is 17.1. The van der Waals surface area contributed by atoms with Gasteiger partial charge in [-0.25, -0.2) is 17.2 Å². The third kappa shape index (κ3) is 4.26. The Bertz CT molecular complexity index is 617. The summed E-state index contributed by atoms with van der Waals surface area (Å²) >= 11 is 0. The molecular weight excluding hydrogens is 326 g/mol. The molecule has 0 bridgehead atoms. The lowest BCUT2D eigenvalue weighted by molar-refractivity contribution is -0.139. The summed E-state index contributed by atoms with van der Waals surface area (Å²) in [6, 6.07) is 3.12. The highest BCUT2D eigenvalue weighted by Crippen LogP contribution is 2.37. The monoisotopic (exact) mass is 348 g/mol. The molecule has 1 aromatic rings. The van der Waals surface area contributed by atoms with Gasteiger partial charge in [-0.3, -0.25) is 4.90 Å². The van der Waals surface area contributed by atoms with Gasteiger partial charge in [-0.1, -0.05) is 13.8 Å². The van der Waals surface area contributed by atoms with E-state index in [0.29, 0.717) is 18.5 Å². The molecule has 1 heterocycles. The quantitative estimate of drug-likeness (QED) is 0.632. The lowest BCUT2D eigenvalue weighted by Crippen LogP contribution is -2.49. The Morgan fingerprint density at radius 1 is 1.35 bits per heavy atom. The van der Waals surface area contributed by atoms with Crippen molar-refractivity contribution in [2.75, 3.05) is 13.6 Å². The number of likely N-dealkylation sites (tertiary alicyclic amines) is 1. The second kappa shape index (κ2) is 7.65. The van der Waals surface area contributed by atoms with Crippen LogP contribution in [-0.2, 0) is 15.3 Å². The highest BCUT2D eigenvalue weighted by molar-refractivity contribution is 7.67. The van der Waals surface area contributed by atoms with Gasteiger partial charge in [-0.2, -0.15) is 9.35 Å². The second-order valence-corrected chi connectivity index (χ2v) is 6.68. The van der Waals surface area contributed by atoms with Crippen LogP contribution in [0, 0.1) is 17.6 Å². The summed E-state index contributed by atoms with van der Waals surface area (Å²) < 4.78 is 54.1. The molecule has 130 valence electrons. The number of nitrogens with zero attached hydrogens (tertiary/aromatic N) is 2. The molecular formula is C15H22F2N2O3S. The molecule has 23 heavy (non-hydrogen) atoms. The van der Waals surface area contributed by atoms with Crippen molar-refractivity contribution in [3.63, 3.8) is 0 Å². The van der Waals surface area contributed by atoms with Gasteiger partial charge in [0.15, 0.2) is 0 Å². The van der Waals surface area contributed by atoms with Crippen molar-refractivity contribution in [3.05, 3.63) is 35.4 Å². The third-order valence-corrected chi connectivity index (χ3v) is 4.51. The number of hydroxylamine groups is 2. The Kier molecular flexibility index (Phi) is 6.07. The van der Waals surface area contributed by atoms with Gasteiger partial charge in [0.25, 0.3) is 11.0 Å². The molecule has 0 amide bonds. The molecule has 2 atom stereocenters. The Labute approximate surface area is 136 Å². The fourth-order valence-corrected chi connectivity index (χ4v) is 3.68. The Morgan fingerprint density at radius 2 is 2.04 bits per heavy atom. The first kappa shape index (κ1) is 18.3. The molecule has 2 rings (SSSR count). The van der Waals surface area contributed by atoms with Crippen LogP contribution in [0.5, 0.6) is 0 Å². The van der Waals surface area contributed by atoms with Gasteiger partial charge in [-0.15, -0.1) is 0 Å². The summed E-state index contributed by atoms with van der Waals surface area (Å²) in [5, 5.41) is 1.27. The first-order valence-corrected chi connectivity index (χ1v) is 8.66. The van der Waals surface area contributed by atoms with E-state index in [9.17, 15) is 17.2 Å². The topological polar surface area (TPSA) is 49.9 Å². The first-order chi connectivity index (χ1) is 10.8. The maximum absolute atomic E-state index is 14.1. The Morgan fingerprint density at radius 3 is 2.65 bits per heavy atom. The largest absolute Gasteiger partial charge is 0.279 e. The standard InChI is InChI=1S/C15H22F2N2O3S/c1-10(2)15(18(3)22-23(20)21)19-8-4-5-14(19)12-9-11(16)6-7-13(12)17/h6-7,9-10,14-15,23H,4-5,8H2,1-3H3/t14-,15?/m1/s1. The molecule has 5 nitrogen and oxygen atoms in total. The molecule has 0 radical (unpaired) electrons. The number of halogens is 2. The van der Waals surface area contributed by atoms with Crippen LogP contribution in [0.3, 0.4) is 0 Å². The van der Waals surface area contributed by atoms with Crippen LogP contribution in [0.2, 0.25) is 0 Å². The van der Waals surface area contributed by atoms with Gasteiger partial charge < -0.3 is 0 Å². The van der Waals surface area contributed by atoms with Gasteiger partial charge in [-0.05, 0) is 37.0 Å². The van der Waals surface area contributed by atoms with Crippen LogP contribution in [0.4, 0.5) is 8.78 Å². The molecule has 1 fully saturated rings. The lowest BCUT2D eigenvalue weighted by atomic mass is 10.0. The number of hydrogen-bond acceptors (Lipinski definition) is 5. The van der Waals surface area contributed by atoms with Crippen molar-refractivity contribution in [1.82, 2.24) is 9.96 Å². The van der Waals surface area contributed by atoms with Crippen LogP contribution in [-0.4, -0.2) is 38.1 Å². The van der Waals surface area contributed by atoms with Gasteiger partial charge in [0.2, 0.25) is 0 Å². The summed E-state index contributed by atoms with van der Waals surface area (Å²) in [6.45, 7) is 4.52. The van der Waals surface area contributed by atoms with Crippen molar-refractivity contribution in [1.29, 1.82) is 0 Å². The number of thiol groups is 1. The Hall–Kier alpha value is -1.09. The lowest BCUT2D eigenvalue weighted by Gasteiger charge is -2.39. The van der Waals surface area contributed by atoms with E-state index in [1.54, 1.807) is 0 Å². The molecule has 0 aliphatic carbocycles. The van der Waals surface area contributed by atoms with E-state index in [4.69, 9.17) is 4.28 Å². The second-order valence-electron chi connectivity index (χ2n) is 6.07. The van der Waals surface area contributed by atoms with E-state index in [1.807, 2.05) is 18.7 Å². The maximum Gasteiger partial charge on any atom is 0.273 e. The first-order valence-electron chi connectivity index (χ1n) is 7.57. The van der Waals surface area contributed by atoms with Crippen LogP contribution >= 0.6 is 0 Å². The molecule has 1 saturated heterocycles. The van der Waals surface area contributed by atoms with E-state index in [1.165, 1.54) is 18.2 Å². The van der Waals surface area contributed by atoms with Crippen molar-refractivity contribution in [3.8, 4) is 0 Å². The summed E-state index contributed by atoms with van der Waals surface area (Å²) in [7, 11) is -1.49. The van der Waals surface area contributed by atoms with Crippen LogP contribution in [0.15, 0.2) is 18.2 Å². The Balaban J connectivity index is 2.32. The predicted molar refractivity (Wildman–Crippen MR) is 82.8 cm³/mol. The highest BCUT2D eigenvalue weighted by atomic mass is 32.2. The van der Waals surface area contributed by atoms with Crippen molar-refractivity contribution >= 4 is 11.0 Å². The van der Waals surface area contributed by atoms with Crippen LogP contribution < -0.4 is 0 Å². The average Bonchev–Trinajstić information content (AvgIpc) is 2.89. The van der Waals surface area contributed by atoms with Crippen molar-refractivity contribution < 1.29 is 21.5 Å². The molecule has 1 aliphatic rings. The number of benzene rings is 1. The summed E-state index contributed by atoms with van der Waals surface area (Å²) in [5.41, 5.74) is 0.299. The predicted octanol–water partition coefficient (Wildman–Crippen LogP) is 2.47. The number of hydrogen-bond donors (Lipinski definition) is 1. The summed E-state index contributed by atoms with van der Waals surface area (Å²) in [4.78, 5) is 1.97. The summed E-state index contributed by atoms with van der Waals surface area (Å²) in [6.07, 6.45) is 1.14. The van der Waals surface area contributed by atoms with Gasteiger partial charge in [0, 0.05) is 25.2 Å². The van der Waals surface area contributed by atoms with E-state index in [-0.39, 0.29) is 18.1 Å². The minimum absolute atomic E-state index is 0.0344. The van der Waals surface area contributed by atoms with Crippen LogP contribution in [0.1, 0.15) is 38.3 Å². The van der Waals surface area contributed by atoms with Crippen molar-refractivity contribution in [2.24, 2.45) is 5.92 Å². The zero-order valence-electron chi connectivity index (χ0n) is 13.4. The average molecular weight is 348 g/mol. The molecule has 1 aliphatic heterocycles. The summed E-state index contributed by atoms with van der Waals surface area (Å²) in [5.74, 6) is -0.905. The molecule has 8 heteroatoms. The van der Waals surface area contributed by atoms with E-state index >= 15 is 0 Å². The van der Waals surface area contributed by atoms with Gasteiger partial charge in [0.05, 0.1) is 6.17 Å². The van der Waals surface area contributed by atoms with E-state index in [2.05, 4.69) is 0 Å². The van der Waals surface area contributed by atoms with Gasteiger partial charge in [0.1, 0.15) is 11.6 Å². The fraction of sp³-hybridized carbons (Fsp3) is 0.600. The minimum atomic E-state index is -3.03. The number of rotatable bonds is 6. The normalized spacial score (nSPS) is 20.8. The molecule has 0 aromatic heterocycles. The zero-order valence-corrected chi connectivity index (χ0v) is 14.3. The fourth-order valence-electron chi connectivity index (χ4n) is 3.37. The smallest absolute Gasteiger partial charge is 0.273 e. The van der Waals surface area contributed by atoms with Crippen molar-refractivity contribution in [2.45, 2.75) is 38.9 Å². The maximum atomic E-state index is 14.1. The molecule has 0 N–H and O–H groups in total. The van der Waals surface area contributed by atoms with Gasteiger partial charge >= 0.3 is 0 Å². The third-order valence-electron chi connectivity index (χ3n) is 4.12. The minimum Gasteiger partial charge on any atom is -0.279 e. The SMILES string of the molecule is CC(C)C(N(C)O[SH](=O)=O)N1CCC[C@@H]1c1cc(F)ccc1F. The van der Waals surface area contributed by atoms with E-state index in [0.717, 1.165) is 18.6 Å². The molecule has 1 aromatic carbocycles. The molecule has 0 saturated carbocycles. The molecule has 0 spiro atoms. The van der Waals surface area contributed by atoms with E-state index < -0.39 is 22.6 Å². The molecule has 1 unspecified atom stereocenters.